The summed E-state index contributed by atoms with van der Waals surface area (Å²) in [7, 11) is 1.83. The second-order valence-corrected chi connectivity index (χ2v) is 8.00. The Kier molecular flexibility index (Phi) is 8.59. The summed E-state index contributed by atoms with van der Waals surface area (Å²) in [6.45, 7) is 4.77. The average Bonchev–Trinajstić information content (AvgIpc) is 3.33. The Hall–Kier alpha value is -4.37. The fraction of sp³-hybridized carbons (Fsp3) is 0.179. The zero-order chi connectivity index (χ0) is 24.3. The van der Waals surface area contributed by atoms with Crippen molar-refractivity contribution < 1.29 is 4.79 Å². The lowest BCUT2D eigenvalue weighted by Crippen LogP contribution is -2.25. The Bertz CT molecular complexity index is 1190. The van der Waals surface area contributed by atoms with Crippen molar-refractivity contribution in [1.82, 2.24) is 10.6 Å². The van der Waals surface area contributed by atoms with Crippen molar-refractivity contribution in [2.75, 3.05) is 7.05 Å². The third kappa shape index (κ3) is 6.81. The molecule has 0 heterocycles. The molecule has 0 aliphatic heterocycles. The Morgan fingerprint density at radius 2 is 1.79 bits per heavy atom. The van der Waals surface area contributed by atoms with Crippen molar-refractivity contribution in [2.24, 2.45) is 10.7 Å². The molecular weight excluding hydrogens is 422 g/mol. The molecule has 0 atom stereocenters. The summed E-state index contributed by atoms with van der Waals surface area (Å²) in [6.07, 6.45) is 8.24. The van der Waals surface area contributed by atoms with Crippen LogP contribution in [0.5, 0.6) is 0 Å². The van der Waals surface area contributed by atoms with E-state index in [9.17, 15) is 4.79 Å². The van der Waals surface area contributed by atoms with Gasteiger partial charge in [0.2, 0.25) is 0 Å². The van der Waals surface area contributed by atoms with E-state index in [1.54, 1.807) is 0 Å². The second kappa shape index (κ2) is 12.0. The molecule has 6 nitrogen and oxygen atoms in total. The number of nitrogens with zero attached hydrogens (tertiary/aromatic N) is 2. The highest BCUT2D eigenvalue weighted by atomic mass is 16.1. The zero-order valence-electron chi connectivity index (χ0n) is 19.3. The van der Waals surface area contributed by atoms with E-state index in [0.29, 0.717) is 18.7 Å². The Balaban J connectivity index is 1.47. The molecular formula is C28H29N5O. The molecule has 0 radical (unpaired) electrons. The number of hydrogen-bond acceptors (Lipinski definition) is 5. The van der Waals surface area contributed by atoms with Gasteiger partial charge >= 0.3 is 0 Å². The van der Waals surface area contributed by atoms with E-state index in [4.69, 9.17) is 11.0 Å². The lowest BCUT2D eigenvalue weighted by Gasteiger charge is -2.08. The number of nitriles is 1. The van der Waals surface area contributed by atoms with E-state index < -0.39 is 0 Å². The fourth-order valence-electron chi connectivity index (χ4n) is 3.48. The molecule has 0 aromatic heterocycles. The van der Waals surface area contributed by atoms with E-state index in [-0.39, 0.29) is 5.91 Å². The molecule has 2 aromatic carbocycles. The van der Waals surface area contributed by atoms with Crippen LogP contribution >= 0.6 is 0 Å². The molecule has 4 N–H and O–H groups in total. The predicted octanol–water partition coefficient (Wildman–Crippen LogP) is 3.93. The first kappa shape index (κ1) is 24.3. The predicted molar refractivity (Wildman–Crippen MR) is 137 cm³/mol. The van der Waals surface area contributed by atoms with Crippen molar-refractivity contribution in [3.63, 3.8) is 0 Å². The molecule has 3 rings (SSSR count). The Morgan fingerprint density at radius 3 is 2.41 bits per heavy atom. The third-order valence-corrected chi connectivity index (χ3v) is 5.54. The van der Waals surface area contributed by atoms with Crippen LogP contribution < -0.4 is 16.4 Å². The minimum Gasteiger partial charge on any atom is -0.404 e. The van der Waals surface area contributed by atoms with Crippen LogP contribution in [-0.4, -0.2) is 19.2 Å². The number of amides is 1. The number of aliphatic imine (C=N–C) groups is 1. The van der Waals surface area contributed by atoms with Gasteiger partial charge in [-0.3, -0.25) is 9.79 Å². The van der Waals surface area contributed by atoms with Crippen LogP contribution in [0.2, 0.25) is 0 Å². The third-order valence-electron chi connectivity index (χ3n) is 5.54. The highest BCUT2D eigenvalue weighted by Crippen LogP contribution is 2.22. The molecule has 1 amide bonds. The largest absolute Gasteiger partial charge is 0.404 e. The molecule has 2 aromatic rings. The summed E-state index contributed by atoms with van der Waals surface area (Å²) < 4.78 is 0. The summed E-state index contributed by atoms with van der Waals surface area (Å²) in [5, 5.41) is 14.8. The van der Waals surface area contributed by atoms with E-state index in [2.05, 4.69) is 40.4 Å². The zero-order valence-corrected chi connectivity index (χ0v) is 19.3. The topological polar surface area (TPSA) is 103 Å². The highest BCUT2D eigenvalue weighted by Gasteiger charge is 2.09. The molecule has 172 valence electrons. The van der Waals surface area contributed by atoms with Crippen molar-refractivity contribution in [3.8, 4) is 6.07 Å². The van der Waals surface area contributed by atoms with Crippen LogP contribution in [0, 0.1) is 11.3 Å². The highest BCUT2D eigenvalue weighted by molar-refractivity contribution is 6.11. The maximum atomic E-state index is 12.5. The number of allylic oxidation sites excluding steroid dienone is 4. The van der Waals surface area contributed by atoms with E-state index in [1.807, 2.05) is 55.6 Å². The van der Waals surface area contributed by atoms with Crippen molar-refractivity contribution in [3.05, 3.63) is 112 Å². The number of nitrogens with one attached hydrogen (secondary N) is 2. The van der Waals surface area contributed by atoms with Gasteiger partial charge in [0.25, 0.3) is 5.91 Å². The molecule has 0 spiro atoms. The van der Waals surface area contributed by atoms with Gasteiger partial charge in [-0.15, -0.1) is 0 Å². The standard InChI is InChI=1S/C28H29N5O/c1-20(31-2)26-11-9-23(10-12-26)18-33-28(34)27(16-30)19-32-17-22-5-3-21(4-6-22)13-24-7-8-25(14-24)15-29/h3-12,16,19,31H,1,13-14,17-18,30H2,2H3,(H,33,34)/b27-16+,32-19?. The van der Waals surface area contributed by atoms with Gasteiger partial charge in [0.15, 0.2) is 0 Å². The molecule has 0 fully saturated rings. The summed E-state index contributed by atoms with van der Waals surface area (Å²) in [4.78, 5) is 16.8. The van der Waals surface area contributed by atoms with Gasteiger partial charge in [0, 0.05) is 43.7 Å². The number of nitrogens with two attached hydrogens (primary N) is 1. The molecule has 6 heteroatoms. The van der Waals surface area contributed by atoms with Crippen LogP contribution in [0.3, 0.4) is 0 Å². The number of hydrogen-bond donors (Lipinski definition) is 3. The molecule has 34 heavy (non-hydrogen) atoms. The number of carbonyl (C=O) groups is 1. The van der Waals surface area contributed by atoms with Crippen molar-refractivity contribution in [1.29, 1.82) is 5.26 Å². The first-order valence-corrected chi connectivity index (χ1v) is 11.0. The van der Waals surface area contributed by atoms with Gasteiger partial charge in [-0.2, -0.15) is 5.26 Å². The van der Waals surface area contributed by atoms with Crippen LogP contribution in [0.4, 0.5) is 0 Å². The van der Waals surface area contributed by atoms with Gasteiger partial charge in [0.1, 0.15) is 0 Å². The minimum absolute atomic E-state index is 0.277. The quantitative estimate of drug-likeness (QED) is 0.376. The molecule has 0 saturated heterocycles. The smallest absolute Gasteiger partial charge is 0.254 e. The monoisotopic (exact) mass is 451 g/mol. The fourth-order valence-corrected chi connectivity index (χ4v) is 3.48. The van der Waals surface area contributed by atoms with Gasteiger partial charge < -0.3 is 16.4 Å². The summed E-state index contributed by atoms with van der Waals surface area (Å²) in [5.74, 6) is -0.277. The van der Waals surface area contributed by atoms with Gasteiger partial charge in [-0.1, -0.05) is 66.8 Å². The second-order valence-electron chi connectivity index (χ2n) is 8.00. The average molecular weight is 452 g/mol. The summed E-state index contributed by atoms with van der Waals surface area (Å²) in [5.41, 5.74) is 13.1. The molecule has 0 saturated carbocycles. The maximum Gasteiger partial charge on any atom is 0.254 e. The van der Waals surface area contributed by atoms with Crippen molar-refractivity contribution in [2.45, 2.75) is 25.9 Å². The Labute approximate surface area is 200 Å². The van der Waals surface area contributed by atoms with E-state index >= 15 is 0 Å². The van der Waals surface area contributed by atoms with Crippen LogP contribution in [-0.2, 0) is 24.3 Å². The maximum absolute atomic E-state index is 12.5. The van der Waals surface area contributed by atoms with Crippen LogP contribution in [0.1, 0.15) is 28.7 Å². The van der Waals surface area contributed by atoms with Gasteiger partial charge in [-0.05, 0) is 34.8 Å². The number of benzene rings is 2. The SMILES string of the molecule is C=C(NC)c1ccc(CNC(=O)/C(C=NCc2ccc(CC3=CC=C(C#N)C3)cc2)=C/N)cc1. The minimum atomic E-state index is -0.277. The number of rotatable bonds is 10. The van der Waals surface area contributed by atoms with Crippen LogP contribution in [0.25, 0.3) is 5.70 Å². The number of carbonyl (C=O) groups excluding carboxylic acids is 1. The molecule has 1 aliphatic rings. The first-order valence-electron chi connectivity index (χ1n) is 11.0. The Morgan fingerprint density at radius 1 is 1.12 bits per heavy atom. The van der Waals surface area contributed by atoms with Crippen molar-refractivity contribution >= 4 is 17.8 Å². The van der Waals surface area contributed by atoms with E-state index in [1.165, 1.54) is 23.6 Å². The molecule has 0 unspecified atom stereocenters. The lowest BCUT2D eigenvalue weighted by atomic mass is 10.0. The summed E-state index contributed by atoms with van der Waals surface area (Å²) >= 11 is 0. The van der Waals surface area contributed by atoms with Gasteiger partial charge in [0.05, 0.1) is 18.2 Å². The molecule has 0 bridgehead atoms. The lowest BCUT2D eigenvalue weighted by molar-refractivity contribution is -0.117. The van der Waals surface area contributed by atoms with Crippen LogP contribution in [0.15, 0.2) is 95.2 Å². The molecule has 1 aliphatic carbocycles. The first-order chi connectivity index (χ1) is 16.5. The van der Waals surface area contributed by atoms with E-state index in [0.717, 1.165) is 40.8 Å². The normalized spacial score (nSPS) is 13.2. The van der Waals surface area contributed by atoms with Gasteiger partial charge in [-0.25, -0.2) is 0 Å². The summed E-state index contributed by atoms with van der Waals surface area (Å²) in [6, 6.07) is 18.2.